The summed E-state index contributed by atoms with van der Waals surface area (Å²) >= 11 is 0. The van der Waals surface area contributed by atoms with Gasteiger partial charge in [0, 0.05) is 12.2 Å². The average Bonchev–Trinajstić information content (AvgIpc) is 2.66. The number of hydrogen-bond acceptors (Lipinski definition) is 6. The molecule has 0 aromatic heterocycles. The zero-order valence-corrected chi connectivity index (χ0v) is 18.6. The Morgan fingerprint density at radius 2 is 0.912 bits per heavy atom. The molecule has 0 fully saturated rings. The highest BCUT2D eigenvalue weighted by atomic mass is 32.3. The molecule has 0 unspecified atom stereocenters. The van der Waals surface area contributed by atoms with Crippen molar-refractivity contribution in [2.24, 2.45) is 0 Å². The Hall–Kier alpha value is -2.72. The molecule has 0 saturated heterocycles. The van der Waals surface area contributed by atoms with Gasteiger partial charge < -0.3 is 0 Å². The second-order valence-electron chi connectivity index (χ2n) is 6.38. The van der Waals surface area contributed by atoms with Gasteiger partial charge in [0.15, 0.2) is 0 Å². The Balaban J connectivity index is 2.76. The van der Waals surface area contributed by atoms with Crippen LogP contribution in [0.2, 0.25) is 0 Å². The van der Waals surface area contributed by atoms with Crippen molar-refractivity contribution in [2.75, 3.05) is 0 Å². The monoisotopic (exact) mass is 552 g/mol. The maximum atomic E-state index is 13.3. The lowest BCUT2D eigenvalue weighted by molar-refractivity contribution is -0.0434. The number of rotatable bonds is 7. The SMILES string of the molecule is O=S(=O)(c1ccc(C=C(F)F)cc1)C(S(=O)(=O)c1ccc(C=C(F)F)cc1)S(=O)(=O)C(F)(F)F. The highest BCUT2D eigenvalue weighted by Crippen LogP contribution is 2.38. The third-order valence-corrected chi connectivity index (χ3v) is 12.6. The van der Waals surface area contributed by atoms with E-state index >= 15 is 0 Å². The first-order valence-corrected chi connectivity index (χ1v) is 13.1. The second-order valence-corrected chi connectivity index (χ2v) is 13.4. The van der Waals surface area contributed by atoms with Crippen molar-refractivity contribution in [2.45, 2.75) is 19.2 Å². The predicted molar refractivity (Wildman–Crippen MR) is 106 cm³/mol. The number of hydrogen-bond donors (Lipinski definition) is 0. The Bertz CT molecular complexity index is 1340. The number of benzene rings is 2. The van der Waals surface area contributed by atoms with Gasteiger partial charge in [-0.1, -0.05) is 24.3 Å². The van der Waals surface area contributed by atoms with Crippen molar-refractivity contribution in [1.82, 2.24) is 0 Å². The van der Waals surface area contributed by atoms with Gasteiger partial charge in [-0.2, -0.15) is 30.7 Å². The molecule has 0 N–H and O–H groups in total. The maximum absolute atomic E-state index is 13.3. The molecule has 6 nitrogen and oxygen atoms in total. The van der Waals surface area contributed by atoms with Crippen molar-refractivity contribution in [3.8, 4) is 0 Å². The molecule has 0 bridgehead atoms. The van der Waals surface area contributed by atoms with Gasteiger partial charge in [-0.15, -0.1) is 0 Å². The maximum Gasteiger partial charge on any atom is 0.499 e. The van der Waals surface area contributed by atoms with Crippen molar-refractivity contribution < 1.29 is 56.0 Å². The lowest BCUT2D eigenvalue weighted by atomic mass is 10.2. The lowest BCUT2D eigenvalue weighted by Crippen LogP contribution is -2.44. The second kappa shape index (κ2) is 9.50. The molecule has 16 heteroatoms. The highest BCUT2D eigenvalue weighted by Gasteiger charge is 2.61. The van der Waals surface area contributed by atoms with Crippen LogP contribution in [0.3, 0.4) is 0 Å². The van der Waals surface area contributed by atoms with Crippen molar-refractivity contribution >= 4 is 41.7 Å². The molecule has 0 amide bonds. The summed E-state index contributed by atoms with van der Waals surface area (Å²) in [4.78, 5) is -2.44. The van der Waals surface area contributed by atoms with Crippen LogP contribution in [-0.4, -0.2) is 34.7 Å². The van der Waals surface area contributed by atoms with Crippen LogP contribution in [0.15, 0.2) is 70.5 Å². The fourth-order valence-corrected chi connectivity index (χ4v) is 10.3. The zero-order chi connectivity index (χ0) is 26.1. The number of halogens is 7. The van der Waals surface area contributed by atoms with E-state index in [9.17, 15) is 56.0 Å². The molecule has 0 aliphatic heterocycles. The number of sulfone groups is 3. The topological polar surface area (TPSA) is 102 Å². The van der Waals surface area contributed by atoms with E-state index in [2.05, 4.69) is 0 Å². The van der Waals surface area contributed by atoms with Crippen LogP contribution in [0.5, 0.6) is 0 Å². The summed E-state index contributed by atoms with van der Waals surface area (Å²) in [7, 11) is -18.7. The first kappa shape index (κ1) is 27.5. The Morgan fingerprint density at radius 1 is 0.618 bits per heavy atom. The first-order chi connectivity index (χ1) is 15.4. The molecule has 0 saturated carbocycles. The third-order valence-electron chi connectivity index (χ3n) is 4.05. The van der Waals surface area contributed by atoms with E-state index in [-0.39, 0.29) is 23.3 Å². The van der Waals surface area contributed by atoms with Crippen molar-refractivity contribution in [3.63, 3.8) is 0 Å². The fraction of sp³-hybridized carbons (Fsp3) is 0.111. The lowest BCUT2D eigenvalue weighted by Gasteiger charge is -2.20. The molecule has 186 valence electrons. The minimum atomic E-state index is -6.95. The van der Waals surface area contributed by atoms with Crippen LogP contribution in [0, 0.1) is 0 Å². The Kier molecular flexibility index (Phi) is 7.69. The number of alkyl halides is 3. The molecule has 0 atom stereocenters. The van der Waals surface area contributed by atoms with E-state index in [1.54, 1.807) is 0 Å². The Morgan fingerprint density at radius 3 is 1.15 bits per heavy atom. The van der Waals surface area contributed by atoms with Crippen molar-refractivity contribution in [1.29, 1.82) is 0 Å². The average molecular weight is 552 g/mol. The van der Waals surface area contributed by atoms with E-state index in [4.69, 9.17) is 0 Å². The molecular weight excluding hydrogens is 541 g/mol. The minimum Gasteiger partial charge on any atom is -0.221 e. The van der Waals surface area contributed by atoms with E-state index < -0.39 is 60.9 Å². The minimum absolute atomic E-state index is 0.257. The third kappa shape index (κ3) is 5.67. The molecule has 2 rings (SSSR count). The van der Waals surface area contributed by atoms with Crippen LogP contribution < -0.4 is 0 Å². The summed E-state index contributed by atoms with van der Waals surface area (Å²) in [6, 6.07) is 4.55. The van der Waals surface area contributed by atoms with E-state index in [0.717, 1.165) is 0 Å². The summed E-state index contributed by atoms with van der Waals surface area (Å²) in [6.07, 6.45) is -3.90. The van der Waals surface area contributed by atoms with Gasteiger partial charge in [0.2, 0.25) is 19.7 Å². The van der Waals surface area contributed by atoms with Crippen LogP contribution in [-0.2, 0) is 29.5 Å². The summed E-state index contributed by atoms with van der Waals surface area (Å²) < 4.78 is 161. The zero-order valence-electron chi connectivity index (χ0n) is 16.2. The molecular formula is C18H11F7O6S3. The normalized spacial score (nSPS) is 12.9. The fourth-order valence-electron chi connectivity index (χ4n) is 2.59. The van der Waals surface area contributed by atoms with Gasteiger partial charge >= 0.3 is 5.51 Å². The summed E-state index contributed by atoms with van der Waals surface area (Å²) in [5, 5.41) is 0. The quantitative estimate of drug-likeness (QED) is 0.465. The predicted octanol–water partition coefficient (Wildman–Crippen LogP) is 4.63. The van der Waals surface area contributed by atoms with E-state index in [1.807, 2.05) is 0 Å². The van der Waals surface area contributed by atoms with Crippen LogP contribution in [0.4, 0.5) is 30.7 Å². The summed E-state index contributed by atoms with van der Waals surface area (Å²) in [5.41, 5.74) is -6.97. The molecule has 0 heterocycles. The van der Waals surface area contributed by atoms with Gasteiger partial charge in [0.25, 0.3) is 25.9 Å². The standard InChI is InChI=1S/C18H11F7O6S3/c19-15(20)9-11-1-5-13(6-2-11)32(26,27)17(34(30,31)18(23,24)25)33(28,29)14-7-3-12(4-8-14)10-16(21)22/h1-10,17H. The molecule has 0 aliphatic carbocycles. The van der Waals surface area contributed by atoms with Gasteiger partial charge in [0.1, 0.15) is 0 Å². The Labute approximate surface area is 188 Å². The van der Waals surface area contributed by atoms with Gasteiger partial charge in [-0.25, -0.2) is 25.3 Å². The van der Waals surface area contributed by atoms with Gasteiger partial charge in [-0.3, -0.25) is 0 Å². The molecule has 2 aromatic carbocycles. The first-order valence-electron chi connectivity index (χ1n) is 8.44. The van der Waals surface area contributed by atoms with Crippen LogP contribution in [0.1, 0.15) is 11.1 Å². The summed E-state index contributed by atoms with van der Waals surface area (Å²) in [5.74, 6) is 0. The van der Waals surface area contributed by atoms with Gasteiger partial charge in [0.05, 0.1) is 9.79 Å². The van der Waals surface area contributed by atoms with Crippen LogP contribution >= 0.6 is 0 Å². The largest absolute Gasteiger partial charge is 0.499 e. The molecule has 0 spiro atoms. The van der Waals surface area contributed by atoms with E-state index in [1.165, 1.54) is 0 Å². The smallest absolute Gasteiger partial charge is 0.221 e. The van der Waals surface area contributed by atoms with Crippen LogP contribution in [0.25, 0.3) is 12.2 Å². The van der Waals surface area contributed by atoms with Crippen molar-refractivity contribution in [3.05, 3.63) is 71.8 Å². The molecule has 0 radical (unpaired) electrons. The molecule has 0 aliphatic rings. The van der Waals surface area contributed by atoms with Gasteiger partial charge in [-0.05, 0) is 35.4 Å². The molecule has 34 heavy (non-hydrogen) atoms. The van der Waals surface area contributed by atoms with E-state index in [0.29, 0.717) is 48.5 Å². The molecule has 2 aromatic rings. The highest BCUT2D eigenvalue weighted by molar-refractivity contribution is 8.24. The summed E-state index contributed by atoms with van der Waals surface area (Å²) in [6.45, 7) is 0.